The molecule has 2 aromatic carbocycles. The minimum Gasteiger partial charge on any atom is -0.339 e. The minimum atomic E-state index is -0.347. The summed E-state index contributed by atoms with van der Waals surface area (Å²) in [6.45, 7) is 4.87. The quantitative estimate of drug-likeness (QED) is 0.421. The van der Waals surface area contributed by atoms with Gasteiger partial charge in [-0.15, -0.1) is 0 Å². The lowest BCUT2D eigenvalue weighted by molar-refractivity contribution is -0.116. The molecule has 4 rings (SSSR count). The number of hydrogen-bond acceptors (Lipinski definition) is 5. The summed E-state index contributed by atoms with van der Waals surface area (Å²) in [5.41, 5.74) is 2.29. The van der Waals surface area contributed by atoms with Gasteiger partial charge in [0.05, 0.1) is 22.9 Å². The fourth-order valence-corrected chi connectivity index (χ4v) is 3.73. The molecule has 0 aliphatic heterocycles. The Balaban J connectivity index is 1.59. The smallest absolute Gasteiger partial charge is 0.270 e. The number of rotatable bonds is 8. The molecule has 0 fully saturated rings. The van der Waals surface area contributed by atoms with E-state index in [-0.39, 0.29) is 35.9 Å². The summed E-state index contributed by atoms with van der Waals surface area (Å²) in [4.78, 5) is 47.2. The monoisotopic (exact) mass is 458 g/mol. The summed E-state index contributed by atoms with van der Waals surface area (Å²) in [6, 6.07) is 16.5. The molecule has 0 unspecified atom stereocenters. The number of para-hydroxylation sites is 3. The Hall–Kier alpha value is -4.27. The molecule has 2 amide bonds. The van der Waals surface area contributed by atoms with E-state index in [0.29, 0.717) is 41.2 Å². The van der Waals surface area contributed by atoms with Crippen LogP contribution in [0.4, 0.5) is 5.82 Å². The number of aryl methyl sites for hydroxylation is 1. The van der Waals surface area contributed by atoms with Crippen LogP contribution in [0.2, 0.25) is 0 Å². The summed E-state index contributed by atoms with van der Waals surface area (Å²) in [5.74, 6) is -0.260. The molecule has 2 aromatic heterocycles. The Morgan fingerprint density at radius 1 is 1.03 bits per heavy atom. The van der Waals surface area contributed by atoms with Gasteiger partial charge in [0.1, 0.15) is 17.1 Å². The molecule has 0 atom stereocenters. The van der Waals surface area contributed by atoms with E-state index < -0.39 is 0 Å². The summed E-state index contributed by atoms with van der Waals surface area (Å²) < 4.78 is 1.54. The lowest BCUT2D eigenvalue weighted by Gasteiger charge is -2.19. The highest BCUT2D eigenvalue weighted by Crippen LogP contribution is 2.22. The number of nitrogens with one attached hydrogen (secondary N) is 2. The van der Waals surface area contributed by atoms with Crippen LogP contribution < -0.4 is 10.9 Å². The number of aromatic amines is 1. The van der Waals surface area contributed by atoms with Gasteiger partial charge in [0, 0.05) is 25.9 Å². The predicted octanol–water partition coefficient (Wildman–Crippen LogP) is 3.16. The molecule has 2 heterocycles. The van der Waals surface area contributed by atoms with Crippen molar-refractivity contribution < 1.29 is 9.59 Å². The van der Waals surface area contributed by atoms with Gasteiger partial charge in [0.25, 0.3) is 11.5 Å². The second-order valence-electron chi connectivity index (χ2n) is 7.71. The largest absolute Gasteiger partial charge is 0.339 e. The van der Waals surface area contributed by atoms with E-state index in [4.69, 9.17) is 0 Å². The molecule has 0 aliphatic rings. The van der Waals surface area contributed by atoms with Crippen molar-refractivity contribution in [3.63, 3.8) is 0 Å². The Morgan fingerprint density at radius 3 is 2.47 bits per heavy atom. The Morgan fingerprint density at radius 2 is 1.74 bits per heavy atom. The molecule has 9 heteroatoms. The number of amides is 2. The van der Waals surface area contributed by atoms with Crippen molar-refractivity contribution in [3.8, 4) is 5.69 Å². The summed E-state index contributed by atoms with van der Waals surface area (Å²) in [5, 5.41) is 7.21. The van der Waals surface area contributed by atoms with Crippen LogP contribution in [0, 0.1) is 0 Å². The van der Waals surface area contributed by atoms with E-state index in [1.807, 2.05) is 56.3 Å². The van der Waals surface area contributed by atoms with Gasteiger partial charge in [-0.1, -0.05) is 30.3 Å². The standard InChI is InChI=1S/C25H26N6O3/c1-3-30(4-2)25(34)18-16-26-31(17-10-6-5-7-11-17)23(18)29-22(32)15-14-21-24(33)28-20-13-9-8-12-19(20)27-21/h5-13,16H,3-4,14-15H2,1-2H3,(H,28,33)(H,29,32). The summed E-state index contributed by atoms with van der Waals surface area (Å²) in [7, 11) is 0. The van der Waals surface area contributed by atoms with E-state index in [0.717, 1.165) is 0 Å². The molecule has 174 valence electrons. The Bertz CT molecular complexity index is 1370. The number of carbonyl (C=O) groups excluding carboxylic acids is 2. The van der Waals surface area contributed by atoms with E-state index in [2.05, 4.69) is 20.4 Å². The highest BCUT2D eigenvalue weighted by molar-refractivity contribution is 6.03. The van der Waals surface area contributed by atoms with Gasteiger partial charge >= 0.3 is 0 Å². The highest BCUT2D eigenvalue weighted by Gasteiger charge is 2.23. The van der Waals surface area contributed by atoms with Crippen molar-refractivity contribution in [1.82, 2.24) is 24.6 Å². The topological polar surface area (TPSA) is 113 Å². The number of hydrogen-bond donors (Lipinski definition) is 2. The first-order valence-corrected chi connectivity index (χ1v) is 11.2. The molecule has 2 N–H and O–H groups in total. The van der Waals surface area contributed by atoms with Crippen molar-refractivity contribution in [1.29, 1.82) is 0 Å². The predicted molar refractivity (Wildman–Crippen MR) is 130 cm³/mol. The first kappa shape index (κ1) is 22.9. The zero-order valence-corrected chi connectivity index (χ0v) is 19.1. The second kappa shape index (κ2) is 10.1. The van der Waals surface area contributed by atoms with Crippen molar-refractivity contribution in [3.05, 3.63) is 82.4 Å². The fourth-order valence-electron chi connectivity index (χ4n) is 3.73. The summed E-state index contributed by atoms with van der Waals surface area (Å²) in [6.07, 6.45) is 1.65. The van der Waals surface area contributed by atoms with Crippen LogP contribution >= 0.6 is 0 Å². The summed E-state index contributed by atoms with van der Waals surface area (Å²) >= 11 is 0. The van der Waals surface area contributed by atoms with Gasteiger partial charge < -0.3 is 15.2 Å². The molecule has 0 bridgehead atoms. The van der Waals surface area contributed by atoms with Crippen molar-refractivity contribution in [2.75, 3.05) is 18.4 Å². The molecule has 34 heavy (non-hydrogen) atoms. The number of carbonyl (C=O) groups is 2. The van der Waals surface area contributed by atoms with E-state index in [9.17, 15) is 14.4 Å². The maximum Gasteiger partial charge on any atom is 0.270 e. The van der Waals surface area contributed by atoms with Gasteiger partial charge in [-0.2, -0.15) is 5.10 Å². The number of H-pyrrole nitrogens is 1. The fraction of sp³-hybridized carbons (Fsp3) is 0.240. The van der Waals surface area contributed by atoms with E-state index >= 15 is 0 Å². The lowest BCUT2D eigenvalue weighted by atomic mass is 10.2. The number of fused-ring (bicyclic) bond motifs is 1. The molecule has 4 aromatic rings. The third kappa shape index (κ3) is 4.73. The number of aromatic nitrogens is 4. The molecular weight excluding hydrogens is 432 g/mol. The number of benzene rings is 2. The molecule has 0 saturated heterocycles. The van der Waals surface area contributed by atoms with Crippen LogP contribution in [-0.2, 0) is 11.2 Å². The first-order chi connectivity index (χ1) is 16.5. The Kier molecular flexibility index (Phi) is 6.82. The maximum absolute atomic E-state index is 13.1. The molecule has 9 nitrogen and oxygen atoms in total. The molecular formula is C25H26N6O3. The number of nitrogens with zero attached hydrogens (tertiary/aromatic N) is 4. The molecule has 0 radical (unpaired) electrons. The lowest BCUT2D eigenvalue weighted by Crippen LogP contribution is -2.31. The zero-order chi connectivity index (χ0) is 24.1. The van der Waals surface area contributed by atoms with Crippen LogP contribution in [-0.4, -0.2) is 49.6 Å². The van der Waals surface area contributed by atoms with Crippen molar-refractivity contribution >= 4 is 28.7 Å². The van der Waals surface area contributed by atoms with Gasteiger partial charge in [-0.3, -0.25) is 14.4 Å². The average Bonchev–Trinajstić information content (AvgIpc) is 3.27. The molecule has 0 spiro atoms. The molecule has 0 aliphatic carbocycles. The third-order valence-corrected chi connectivity index (χ3v) is 5.57. The van der Waals surface area contributed by atoms with E-state index in [1.54, 1.807) is 17.0 Å². The van der Waals surface area contributed by atoms with Gasteiger partial charge in [0.15, 0.2) is 0 Å². The SMILES string of the molecule is CCN(CC)C(=O)c1cnn(-c2ccccc2)c1NC(=O)CCc1nc2ccccc2[nH]c1=O. The van der Waals surface area contributed by atoms with Gasteiger partial charge in [-0.25, -0.2) is 9.67 Å². The average molecular weight is 459 g/mol. The normalized spacial score (nSPS) is 10.9. The second-order valence-corrected chi connectivity index (χ2v) is 7.71. The first-order valence-electron chi connectivity index (χ1n) is 11.2. The van der Waals surface area contributed by atoms with Gasteiger partial charge in [-0.05, 0) is 38.1 Å². The van der Waals surface area contributed by atoms with Gasteiger partial charge in [0.2, 0.25) is 5.91 Å². The Labute approximate surface area is 196 Å². The van der Waals surface area contributed by atoms with Crippen LogP contribution in [0.5, 0.6) is 0 Å². The molecule has 0 saturated carbocycles. The zero-order valence-electron chi connectivity index (χ0n) is 19.1. The van der Waals surface area contributed by atoms with Crippen LogP contribution in [0.3, 0.4) is 0 Å². The van der Waals surface area contributed by atoms with E-state index in [1.165, 1.54) is 10.9 Å². The minimum absolute atomic E-state index is 0.0211. The maximum atomic E-state index is 13.1. The van der Waals surface area contributed by atoms with Crippen molar-refractivity contribution in [2.45, 2.75) is 26.7 Å². The van der Waals surface area contributed by atoms with Crippen LogP contribution in [0.25, 0.3) is 16.7 Å². The van der Waals surface area contributed by atoms with Crippen LogP contribution in [0.15, 0.2) is 65.6 Å². The number of anilines is 1. The highest BCUT2D eigenvalue weighted by atomic mass is 16.2. The third-order valence-electron chi connectivity index (χ3n) is 5.57. The van der Waals surface area contributed by atoms with Crippen molar-refractivity contribution in [2.24, 2.45) is 0 Å². The van der Waals surface area contributed by atoms with Crippen LogP contribution in [0.1, 0.15) is 36.3 Å².